The molecule has 0 unspecified atom stereocenters. The number of oxazole rings is 1. The lowest BCUT2D eigenvalue weighted by atomic mass is 10.1. The molecule has 0 spiro atoms. The van der Waals surface area contributed by atoms with Gasteiger partial charge in [0.15, 0.2) is 5.58 Å². The highest BCUT2D eigenvalue weighted by molar-refractivity contribution is 7.86. The van der Waals surface area contributed by atoms with Gasteiger partial charge in [0.05, 0.1) is 13.3 Å². The van der Waals surface area contributed by atoms with Gasteiger partial charge in [-0.05, 0) is 29.8 Å². The first kappa shape index (κ1) is 20.5. The molecule has 0 aliphatic rings. The Morgan fingerprint density at radius 2 is 1.90 bits per heavy atom. The molecule has 158 valence electrons. The van der Waals surface area contributed by atoms with Crippen LogP contribution in [0.4, 0.5) is 0 Å². The predicted molar refractivity (Wildman–Crippen MR) is 114 cm³/mol. The number of ether oxygens (including phenoxy) is 1. The van der Waals surface area contributed by atoms with Crippen molar-refractivity contribution >= 4 is 44.0 Å². The topological polar surface area (TPSA) is 131 Å². The van der Waals surface area contributed by atoms with E-state index in [-0.39, 0.29) is 28.3 Å². The molecule has 0 aliphatic heterocycles. The Bertz CT molecular complexity index is 1410. The third kappa shape index (κ3) is 4.25. The number of aromatic nitrogens is 1. The van der Waals surface area contributed by atoms with Gasteiger partial charge in [-0.25, -0.2) is 4.98 Å². The number of ketones is 1. The Morgan fingerprint density at radius 1 is 1.19 bits per heavy atom. The number of hydrazone groups is 1. The van der Waals surface area contributed by atoms with Gasteiger partial charge in [-0.2, -0.15) is 13.5 Å². The Morgan fingerprint density at radius 3 is 2.58 bits per heavy atom. The summed E-state index contributed by atoms with van der Waals surface area (Å²) in [7, 11) is -2.91. The molecular weight excluding hydrogens is 422 g/mol. The highest BCUT2D eigenvalue weighted by atomic mass is 32.2. The second-order valence-corrected chi connectivity index (χ2v) is 7.94. The molecule has 9 nitrogen and oxygen atoms in total. The van der Waals surface area contributed by atoms with Crippen molar-refractivity contribution in [2.24, 2.45) is 5.10 Å². The summed E-state index contributed by atoms with van der Waals surface area (Å²) in [6, 6.07) is 14.9. The van der Waals surface area contributed by atoms with Crippen LogP contribution >= 0.6 is 0 Å². The van der Waals surface area contributed by atoms with Crippen LogP contribution < -0.4 is 10.2 Å². The van der Waals surface area contributed by atoms with E-state index in [1.165, 1.54) is 0 Å². The van der Waals surface area contributed by atoms with Crippen molar-refractivity contribution < 1.29 is 26.9 Å². The zero-order valence-electron chi connectivity index (χ0n) is 16.3. The molecule has 0 amide bonds. The fourth-order valence-corrected chi connectivity index (χ4v) is 3.77. The molecule has 1 aromatic heterocycles. The smallest absolute Gasteiger partial charge is 0.295 e. The summed E-state index contributed by atoms with van der Waals surface area (Å²) in [5.41, 5.74) is 3.85. The lowest BCUT2D eigenvalue weighted by molar-refractivity contribution is 0.0961. The van der Waals surface area contributed by atoms with Gasteiger partial charge in [0.2, 0.25) is 5.78 Å². The van der Waals surface area contributed by atoms with E-state index in [0.717, 1.165) is 17.4 Å². The number of hydrogen-bond acceptors (Lipinski definition) is 8. The molecule has 0 bridgehead atoms. The number of nitrogens with one attached hydrogen (secondary N) is 1. The Hall–Kier alpha value is -3.76. The number of fused-ring (bicyclic) bond motifs is 3. The van der Waals surface area contributed by atoms with Gasteiger partial charge < -0.3 is 14.6 Å². The van der Waals surface area contributed by atoms with Crippen molar-refractivity contribution in [3.8, 4) is 5.75 Å². The zero-order valence-corrected chi connectivity index (χ0v) is 17.1. The highest BCUT2D eigenvalue weighted by Crippen LogP contribution is 2.31. The molecule has 10 heteroatoms. The summed E-state index contributed by atoms with van der Waals surface area (Å²) in [5.74, 6) is 0.0567. The highest BCUT2D eigenvalue weighted by Gasteiger charge is 2.21. The number of Topliss-reactive ketones (excluding diaryl/α,β-unsaturated/α-hetero) is 1. The fraction of sp³-hybridized carbons (Fsp3) is 0.0952. The van der Waals surface area contributed by atoms with Gasteiger partial charge >= 0.3 is 0 Å². The van der Waals surface area contributed by atoms with Crippen molar-refractivity contribution in [1.82, 2.24) is 10.4 Å². The van der Waals surface area contributed by atoms with Crippen LogP contribution in [-0.4, -0.2) is 43.6 Å². The van der Waals surface area contributed by atoms with E-state index in [1.54, 1.807) is 49.7 Å². The molecular formula is C21H17N3O6S. The molecule has 0 atom stereocenters. The van der Waals surface area contributed by atoms with E-state index >= 15 is 0 Å². The van der Waals surface area contributed by atoms with Gasteiger partial charge in [0.1, 0.15) is 22.7 Å². The van der Waals surface area contributed by atoms with E-state index in [9.17, 15) is 17.8 Å². The molecule has 4 aromatic rings. The van der Waals surface area contributed by atoms with Gasteiger partial charge in [-0.1, -0.05) is 24.3 Å². The van der Waals surface area contributed by atoms with E-state index in [0.29, 0.717) is 10.9 Å². The number of nitrogens with zero attached hydrogens (tertiary/aromatic N) is 2. The molecule has 2 N–H and O–H groups in total. The number of methoxy groups -OCH3 is 1. The van der Waals surface area contributed by atoms with Crippen molar-refractivity contribution in [2.45, 2.75) is 4.90 Å². The van der Waals surface area contributed by atoms with Crippen LogP contribution in [0.15, 0.2) is 69.0 Å². The first-order valence-corrected chi connectivity index (χ1v) is 10.5. The van der Waals surface area contributed by atoms with Gasteiger partial charge in [0, 0.05) is 16.8 Å². The van der Waals surface area contributed by atoms with Gasteiger partial charge in [-0.3, -0.25) is 9.35 Å². The standard InChI is InChI=1S/C21H17N3O6S/c1-29-14-8-6-13(7-9-14)11-22-23-12-17(25)21-24-20-16-5-3-2-4-15(16)19(31(26,27)28)10-18(20)30-21/h2-11,23H,12H2,1H3,(H,26,27,28)/b22-11+. The van der Waals surface area contributed by atoms with Crippen LogP contribution in [-0.2, 0) is 10.1 Å². The quantitative estimate of drug-likeness (QED) is 0.194. The first-order chi connectivity index (χ1) is 14.9. The third-order valence-electron chi connectivity index (χ3n) is 4.54. The maximum atomic E-state index is 12.5. The summed E-state index contributed by atoms with van der Waals surface area (Å²) in [4.78, 5) is 16.4. The van der Waals surface area contributed by atoms with Crippen LogP contribution in [0.25, 0.3) is 21.9 Å². The number of carbonyl (C=O) groups excluding carboxylic acids is 1. The Kier molecular flexibility index (Phi) is 5.40. The van der Waals surface area contributed by atoms with Gasteiger partial charge in [0.25, 0.3) is 16.0 Å². The minimum absolute atomic E-state index is 0.0800. The summed E-state index contributed by atoms with van der Waals surface area (Å²) in [6.45, 7) is -0.178. The van der Waals surface area contributed by atoms with E-state index in [1.807, 2.05) is 12.1 Å². The zero-order chi connectivity index (χ0) is 22.0. The lowest BCUT2D eigenvalue weighted by Gasteiger charge is -2.03. The number of rotatable bonds is 7. The largest absolute Gasteiger partial charge is 0.497 e. The molecule has 3 aromatic carbocycles. The van der Waals surface area contributed by atoms with E-state index in [4.69, 9.17) is 9.15 Å². The Labute approximate surface area is 177 Å². The third-order valence-corrected chi connectivity index (χ3v) is 5.43. The van der Waals surface area contributed by atoms with E-state index in [2.05, 4.69) is 15.5 Å². The maximum absolute atomic E-state index is 12.5. The molecule has 0 saturated heterocycles. The number of hydrogen-bond donors (Lipinski definition) is 2. The van der Waals surface area contributed by atoms with Crippen molar-refractivity contribution in [2.75, 3.05) is 13.7 Å². The average molecular weight is 439 g/mol. The molecule has 31 heavy (non-hydrogen) atoms. The predicted octanol–water partition coefficient (Wildman–Crippen LogP) is 3.04. The lowest BCUT2D eigenvalue weighted by Crippen LogP contribution is -2.18. The van der Waals surface area contributed by atoms with Crippen molar-refractivity contribution in [1.29, 1.82) is 0 Å². The molecule has 0 aliphatic carbocycles. The summed E-state index contributed by atoms with van der Waals surface area (Å²) < 4.78 is 43.6. The monoisotopic (exact) mass is 439 g/mol. The van der Waals surface area contributed by atoms with Crippen LogP contribution in [0.1, 0.15) is 16.2 Å². The summed E-state index contributed by atoms with van der Waals surface area (Å²) >= 11 is 0. The van der Waals surface area contributed by atoms with Gasteiger partial charge in [-0.15, -0.1) is 0 Å². The van der Waals surface area contributed by atoms with Crippen LogP contribution in [0.3, 0.4) is 0 Å². The molecule has 0 fully saturated rings. The number of carbonyl (C=O) groups is 1. The minimum atomic E-state index is -4.49. The first-order valence-electron chi connectivity index (χ1n) is 9.10. The maximum Gasteiger partial charge on any atom is 0.295 e. The number of benzene rings is 3. The van der Waals surface area contributed by atoms with E-state index < -0.39 is 15.9 Å². The average Bonchev–Trinajstić information content (AvgIpc) is 3.20. The molecule has 4 rings (SSSR count). The van der Waals surface area contributed by atoms with Crippen molar-refractivity contribution in [3.05, 3.63) is 66.1 Å². The molecule has 0 radical (unpaired) electrons. The van der Waals surface area contributed by atoms with Crippen molar-refractivity contribution in [3.63, 3.8) is 0 Å². The summed E-state index contributed by atoms with van der Waals surface area (Å²) in [6.07, 6.45) is 1.55. The minimum Gasteiger partial charge on any atom is -0.497 e. The van der Waals surface area contributed by atoms with Crippen LogP contribution in [0.2, 0.25) is 0 Å². The van der Waals surface area contributed by atoms with Crippen LogP contribution in [0, 0.1) is 0 Å². The fourth-order valence-electron chi connectivity index (χ4n) is 3.06. The summed E-state index contributed by atoms with van der Waals surface area (Å²) in [5, 5.41) is 4.72. The van der Waals surface area contributed by atoms with Crippen LogP contribution in [0.5, 0.6) is 5.75 Å². The SMILES string of the molecule is COc1ccc(/C=N/NCC(=O)c2nc3c(cc(S(=O)(=O)O)c4ccccc43)o2)cc1. The molecule has 0 saturated carbocycles. The second-order valence-electron chi connectivity index (χ2n) is 6.55. The second kappa shape index (κ2) is 8.17. The normalized spacial score (nSPS) is 11.9. The molecule has 1 heterocycles. The Balaban J connectivity index is 1.56.